The third kappa shape index (κ3) is 9.40. The molecule has 0 fully saturated rings. The first-order valence-corrected chi connectivity index (χ1v) is 4.70. The summed E-state index contributed by atoms with van der Waals surface area (Å²) >= 11 is 0. The molecule has 0 aromatic rings. The van der Waals surface area contributed by atoms with Crippen LogP contribution in [0.2, 0.25) is 0 Å². The number of carbonyl (C=O) groups is 1. The largest absolute Gasteiger partial charge is 0.397 e. The monoisotopic (exact) mass is 175 g/mol. The highest BCUT2D eigenvalue weighted by molar-refractivity contribution is 5.65. The molecule has 0 bridgehead atoms. The van der Waals surface area contributed by atoms with E-state index in [4.69, 9.17) is 0 Å². The number of carbonyl (C=O) groups excluding carboxylic acids is 1. The van der Waals surface area contributed by atoms with E-state index < -0.39 is 6.16 Å². The van der Waals surface area contributed by atoms with Crippen LogP contribution in [-0.2, 0) is 0 Å². The summed E-state index contributed by atoms with van der Waals surface area (Å²) in [5, 5.41) is 2.13. The van der Waals surface area contributed by atoms with Crippen LogP contribution in [0.4, 0.5) is 9.18 Å². The summed E-state index contributed by atoms with van der Waals surface area (Å²) in [6, 6.07) is 0. The average molecular weight is 175 g/mol. The average Bonchev–Trinajstić information content (AvgIpc) is 2.02. The highest BCUT2D eigenvalue weighted by atomic mass is 19.1. The van der Waals surface area contributed by atoms with Crippen LogP contribution in [0, 0.1) is 0 Å². The van der Waals surface area contributed by atoms with Crippen molar-refractivity contribution in [1.29, 1.82) is 0 Å². The fourth-order valence-corrected chi connectivity index (χ4v) is 1.09. The van der Waals surface area contributed by atoms with E-state index in [0.29, 0.717) is 6.54 Å². The van der Waals surface area contributed by atoms with E-state index >= 15 is 0 Å². The van der Waals surface area contributed by atoms with Crippen molar-refractivity contribution < 1.29 is 9.18 Å². The van der Waals surface area contributed by atoms with Crippen molar-refractivity contribution in [2.75, 3.05) is 6.54 Å². The number of hydrogen-bond donors (Lipinski definition) is 1. The minimum absolute atomic E-state index is 0.474. The lowest BCUT2D eigenvalue weighted by molar-refractivity contribution is 0.221. The highest BCUT2D eigenvalue weighted by Crippen LogP contribution is 2.03. The summed E-state index contributed by atoms with van der Waals surface area (Å²) in [6.07, 6.45) is 5.51. The molecule has 0 heterocycles. The van der Waals surface area contributed by atoms with Crippen molar-refractivity contribution in [1.82, 2.24) is 5.32 Å². The van der Waals surface area contributed by atoms with Crippen LogP contribution >= 0.6 is 0 Å². The van der Waals surface area contributed by atoms with Gasteiger partial charge in [0, 0.05) is 6.54 Å². The number of unbranched alkanes of at least 4 members (excludes halogenated alkanes) is 5. The van der Waals surface area contributed by atoms with Gasteiger partial charge in [0.15, 0.2) is 0 Å². The zero-order valence-corrected chi connectivity index (χ0v) is 7.74. The minimum atomic E-state index is -1.41. The van der Waals surface area contributed by atoms with Gasteiger partial charge >= 0.3 is 6.16 Å². The van der Waals surface area contributed by atoms with Crippen LogP contribution in [0.5, 0.6) is 0 Å². The molecule has 12 heavy (non-hydrogen) atoms. The molecule has 0 saturated heterocycles. The Balaban J connectivity index is 2.86. The van der Waals surface area contributed by atoms with Gasteiger partial charge in [0.25, 0.3) is 0 Å². The molecule has 0 aliphatic carbocycles. The molecule has 0 spiro atoms. The minimum Gasteiger partial charge on any atom is -0.328 e. The van der Waals surface area contributed by atoms with Crippen molar-refractivity contribution in [2.45, 2.75) is 45.4 Å². The molecule has 0 aromatic heterocycles. The molecule has 1 amide bonds. The molecular formula is C9H18FNO. The summed E-state index contributed by atoms with van der Waals surface area (Å²) in [7, 11) is 0. The van der Waals surface area contributed by atoms with Crippen LogP contribution in [0.1, 0.15) is 45.4 Å². The van der Waals surface area contributed by atoms with E-state index in [2.05, 4.69) is 12.2 Å². The molecule has 72 valence electrons. The standard InChI is InChI=1S/C9H18FNO/c1-2-3-4-5-6-7-8-11-9(10)12/h2-8H2,1H3,(H,11,12). The highest BCUT2D eigenvalue weighted by Gasteiger charge is 1.93. The summed E-state index contributed by atoms with van der Waals surface area (Å²) in [5.74, 6) is 0. The van der Waals surface area contributed by atoms with Crippen LogP contribution in [-0.4, -0.2) is 12.7 Å². The SMILES string of the molecule is CCCCCCCCNC(=O)F. The van der Waals surface area contributed by atoms with Gasteiger partial charge in [-0.25, -0.2) is 4.79 Å². The van der Waals surface area contributed by atoms with Crippen molar-refractivity contribution >= 4 is 6.16 Å². The van der Waals surface area contributed by atoms with Gasteiger partial charge in [-0.15, -0.1) is 4.39 Å². The molecule has 0 rings (SSSR count). The predicted molar refractivity (Wildman–Crippen MR) is 47.9 cm³/mol. The second-order valence-electron chi connectivity index (χ2n) is 2.97. The van der Waals surface area contributed by atoms with Crippen LogP contribution < -0.4 is 5.32 Å². The van der Waals surface area contributed by atoms with E-state index in [1.807, 2.05) is 0 Å². The molecule has 1 N–H and O–H groups in total. The molecule has 0 aliphatic rings. The molecule has 0 radical (unpaired) electrons. The Hall–Kier alpha value is -0.600. The number of nitrogens with one attached hydrogen (secondary N) is 1. The Morgan fingerprint density at radius 3 is 2.33 bits per heavy atom. The van der Waals surface area contributed by atoms with Crippen LogP contribution in [0.3, 0.4) is 0 Å². The first-order chi connectivity index (χ1) is 5.77. The molecule has 3 heteroatoms. The van der Waals surface area contributed by atoms with E-state index in [-0.39, 0.29) is 0 Å². The van der Waals surface area contributed by atoms with Crippen molar-refractivity contribution in [3.8, 4) is 0 Å². The van der Waals surface area contributed by atoms with Gasteiger partial charge in [-0.05, 0) is 6.42 Å². The maximum Gasteiger partial charge on any atom is 0.397 e. The zero-order chi connectivity index (χ0) is 9.23. The first-order valence-electron chi connectivity index (χ1n) is 4.70. The Morgan fingerprint density at radius 1 is 1.17 bits per heavy atom. The topological polar surface area (TPSA) is 29.1 Å². The van der Waals surface area contributed by atoms with Crippen LogP contribution in [0.15, 0.2) is 0 Å². The van der Waals surface area contributed by atoms with Gasteiger partial charge in [0.05, 0.1) is 0 Å². The molecule has 0 unspecified atom stereocenters. The smallest absolute Gasteiger partial charge is 0.328 e. The van der Waals surface area contributed by atoms with Gasteiger partial charge in [0.1, 0.15) is 0 Å². The van der Waals surface area contributed by atoms with Gasteiger partial charge in [-0.1, -0.05) is 39.0 Å². The quantitative estimate of drug-likeness (QED) is 0.359. The Labute approximate surface area is 73.5 Å². The van der Waals surface area contributed by atoms with Gasteiger partial charge in [-0.3, -0.25) is 0 Å². The molecular weight excluding hydrogens is 157 g/mol. The fraction of sp³-hybridized carbons (Fsp3) is 0.889. The lowest BCUT2D eigenvalue weighted by Gasteiger charge is -1.99. The predicted octanol–water partition coefficient (Wildman–Crippen LogP) is 3.03. The normalized spacial score (nSPS) is 9.83. The summed E-state index contributed by atoms with van der Waals surface area (Å²) in [6.45, 7) is 2.64. The number of rotatable bonds is 7. The maximum absolute atomic E-state index is 11.6. The number of amides is 1. The van der Waals surface area contributed by atoms with E-state index in [1.54, 1.807) is 0 Å². The van der Waals surface area contributed by atoms with Crippen molar-refractivity contribution in [3.63, 3.8) is 0 Å². The molecule has 0 atom stereocenters. The first kappa shape index (κ1) is 11.4. The van der Waals surface area contributed by atoms with E-state index in [0.717, 1.165) is 12.8 Å². The lowest BCUT2D eigenvalue weighted by atomic mass is 10.1. The lowest BCUT2D eigenvalue weighted by Crippen LogP contribution is -2.18. The second-order valence-corrected chi connectivity index (χ2v) is 2.97. The third-order valence-corrected chi connectivity index (χ3v) is 1.79. The maximum atomic E-state index is 11.6. The third-order valence-electron chi connectivity index (χ3n) is 1.79. The van der Waals surface area contributed by atoms with Gasteiger partial charge < -0.3 is 5.32 Å². The summed E-state index contributed by atoms with van der Waals surface area (Å²) in [4.78, 5) is 9.80. The van der Waals surface area contributed by atoms with Gasteiger partial charge in [-0.2, -0.15) is 0 Å². The van der Waals surface area contributed by atoms with Crippen molar-refractivity contribution in [3.05, 3.63) is 0 Å². The molecule has 0 aliphatic heterocycles. The molecule has 0 aromatic carbocycles. The summed E-state index contributed by atoms with van der Waals surface area (Å²) < 4.78 is 11.6. The Morgan fingerprint density at radius 2 is 1.75 bits per heavy atom. The number of hydrogen-bond acceptors (Lipinski definition) is 1. The fourth-order valence-electron chi connectivity index (χ4n) is 1.09. The number of halogens is 1. The Bertz CT molecular complexity index is 117. The van der Waals surface area contributed by atoms with Gasteiger partial charge in [0.2, 0.25) is 0 Å². The summed E-state index contributed by atoms with van der Waals surface area (Å²) in [5.41, 5.74) is 0. The second kappa shape index (κ2) is 8.50. The van der Waals surface area contributed by atoms with E-state index in [9.17, 15) is 9.18 Å². The van der Waals surface area contributed by atoms with Crippen molar-refractivity contribution in [2.24, 2.45) is 0 Å². The van der Waals surface area contributed by atoms with Crippen LogP contribution in [0.25, 0.3) is 0 Å². The van der Waals surface area contributed by atoms with E-state index in [1.165, 1.54) is 25.7 Å². The zero-order valence-electron chi connectivity index (χ0n) is 7.74. The molecule has 0 saturated carbocycles. The molecule has 2 nitrogen and oxygen atoms in total. The Kier molecular flexibility index (Phi) is 8.07.